The number of halogens is 8. The maximum absolute atomic E-state index is 14.2. The van der Waals surface area contributed by atoms with Crippen LogP contribution in [0.1, 0.15) is 70.4 Å². The van der Waals surface area contributed by atoms with Crippen LogP contribution in [-0.4, -0.2) is 70.4 Å². The second kappa shape index (κ2) is 11.4. The molecule has 17 heteroatoms. The zero-order valence-corrected chi connectivity index (χ0v) is 22.4. The second-order valence-corrected chi connectivity index (χ2v) is 11.0. The Kier molecular flexibility index (Phi) is 8.57. The summed E-state index contributed by atoms with van der Waals surface area (Å²) >= 11 is 0.454. The highest BCUT2D eigenvalue weighted by Crippen LogP contribution is 2.51. The van der Waals surface area contributed by atoms with Crippen LogP contribution in [0.4, 0.5) is 35.1 Å². The molecule has 2 amide bonds. The molecule has 4 rings (SSSR count). The van der Waals surface area contributed by atoms with E-state index in [0.717, 1.165) is 0 Å². The van der Waals surface area contributed by atoms with E-state index in [-0.39, 0.29) is 53.9 Å². The Morgan fingerprint density at radius 3 is 2.33 bits per heavy atom. The number of amides is 2. The number of ether oxygens (including phenoxy) is 1. The lowest BCUT2D eigenvalue weighted by atomic mass is 9.89. The van der Waals surface area contributed by atoms with Gasteiger partial charge in [-0.3, -0.25) is 14.4 Å². The number of hydrogen-bond donors (Lipinski definition) is 2. The summed E-state index contributed by atoms with van der Waals surface area (Å²) in [6, 6.07) is -0.151. The number of thiazole rings is 1. The summed E-state index contributed by atoms with van der Waals surface area (Å²) in [4.78, 5) is 41.8. The first kappa shape index (κ1) is 31.6. The summed E-state index contributed by atoms with van der Waals surface area (Å²) in [7, 11) is 0. The van der Waals surface area contributed by atoms with Crippen molar-refractivity contribution in [2.45, 2.75) is 75.2 Å². The van der Waals surface area contributed by atoms with Crippen molar-refractivity contribution >= 4 is 29.6 Å². The van der Waals surface area contributed by atoms with Crippen molar-refractivity contribution in [3.05, 3.63) is 40.0 Å². The second-order valence-electron chi connectivity index (χ2n) is 9.99. The minimum Gasteiger partial charge on any atom is -0.464 e. The smallest absolute Gasteiger partial charge is 0.430 e. The molecule has 8 nitrogen and oxygen atoms in total. The molecule has 42 heavy (non-hydrogen) atoms. The maximum Gasteiger partial charge on any atom is 0.430 e. The summed E-state index contributed by atoms with van der Waals surface area (Å²) in [5.41, 5.74) is -9.81. The molecule has 1 aliphatic carbocycles. The fourth-order valence-corrected chi connectivity index (χ4v) is 5.91. The third kappa shape index (κ3) is 5.67. The average molecular weight is 630 g/mol. The van der Waals surface area contributed by atoms with Gasteiger partial charge < -0.3 is 20.1 Å². The monoisotopic (exact) mass is 629 g/mol. The number of nitrogens with zero attached hydrogens (tertiary/aromatic N) is 2. The van der Waals surface area contributed by atoms with Gasteiger partial charge in [-0.2, -0.15) is 26.3 Å². The molecule has 2 aliphatic rings. The van der Waals surface area contributed by atoms with Gasteiger partial charge in [-0.15, -0.1) is 11.3 Å². The van der Waals surface area contributed by atoms with Gasteiger partial charge in [0.05, 0.1) is 4.88 Å². The van der Waals surface area contributed by atoms with Crippen molar-refractivity contribution in [3.8, 4) is 10.4 Å². The van der Waals surface area contributed by atoms with Crippen molar-refractivity contribution in [2.24, 2.45) is 0 Å². The lowest BCUT2D eigenvalue weighted by molar-refractivity contribution is -0.376. The Morgan fingerprint density at radius 2 is 1.81 bits per heavy atom. The van der Waals surface area contributed by atoms with E-state index < -0.39 is 70.7 Å². The third-order valence-electron chi connectivity index (χ3n) is 7.29. The number of carbonyl (C=O) groups is 3. The van der Waals surface area contributed by atoms with E-state index in [2.05, 4.69) is 10.3 Å². The summed E-state index contributed by atoms with van der Waals surface area (Å²) in [6.07, 6.45) is -14.9. The van der Waals surface area contributed by atoms with Gasteiger partial charge in [0.1, 0.15) is 11.8 Å². The molecule has 1 aromatic carbocycles. The number of nitrogens with one attached hydrogen (secondary N) is 1. The molecule has 1 saturated carbocycles. The van der Waals surface area contributed by atoms with Gasteiger partial charge in [-0.25, -0.2) is 13.8 Å². The SMILES string of the molecule is C[C@H]1CCCN1C(=O)c1nc(C(=O)N[C@H]2C[C@H](OC=O)C2)sc1-c1ccc(C(O)(C(F)(F)F)C(F)(F)F)cc1C(F)F. The Balaban J connectivity index is 1.80. The van der Waals surface area contributed by atoms with E-state index in [1.807, 2.05) is 0 Å². The zero-order valence-electron chi connectivity index (χ0n) is 21.6. The summed E-state index contributed by atoms with van der Waals surface area (Å²) < 4.78 is 114. The van der Waals surface area contributed by atoms with Crippen molar-refractivity contribution < 1.29 is 59.4 Å². The first-order valence-corrected chi connectivity index (χ1v) is 13.3. The number of benzene rings is 1. The molecule has 1 aliphatic heterocycles. The van der Waals surface area contributed by atoms with Crippen molar-refractivity contribution in [1.29, 1.82) is 0 Å². The Hall–Kier alpha value is -3.34. The van der Waals surface area contributed by atoms with Gasteiger partial charge in [0.25, 0.3) is 30.3 Å². The lowest BCUT2D eigenvalue weighted by Crippen LogP contribution is -2.54. The Labute approximate surface area is 236 Å². The minimum absolute atomic E-state index is 0.116. The van der Waals surface area contributed by atoms with Crippen LogP contribution in [0.2, 0.25) is 0 Å². The number of carbonyl (C=O) groups excluding carboxylic acids is 3. The molecule has 2 N–H and O–H groups in total. The third-order valence-corrected chi connectivity index (χ3v) is 8.37. The molecular weight excluding hydrogens is 606 g/mol. The first-order valence-electron chi connectivity index (χ1n) is 12.5. The van der Waals surface area contributed by atoms with Gasteiger partial charge in [0.2, 0.25) is 0 Å². The molecule has 1 aromatic heterocycles. The molecule has 0 unspecified atom stereocenters. The quantitative estimate of drug-likeness (QED) is 0.310. The number of aliphatic hydroxyl groups is 1. The van der Waals surface area contributed by atoms with Crippen molar-refractivity contribution in [3.63, 3.8) is 0 Å². The van der Waals surface area contributed by atoms with E-state index >= 15 is 0 Å². The highest BCUT2D eigenvalue weighted by atomic mass is 32.1. The van der Waals surface area contributed by atoms with E-state index in [9.17, 15) is 54.6 Å². The highest BCUT2D eigenvalue weighted by molar-refractivity contribution is 7.17. The van der Waals surface area contributed by atoms with Gasteiger partial charge >= 0.3 is 12.4 Å². The van der Waals surface area contributed by atoms with Crippen LogP contribution in [-0.2, 0) is 15.1 Å². The summed E-state index contributed by atoms with van der Waals surface area (Å²) in [5, 5.41) is 12.0. The molecule has 2 heterocycles. The number of likely N-dealkylation sites (tertiary alicyclic amines) is 1. The van der Waals surface area contributed by atoms with Gasteiger partial charge in [0, 0.05) is 48.2 Å². The van der Waals surface area contributed by atoms with E-state index in [1.165, 1.54) is 4.90 Å². The number of aromatic nitrogens is 1. The van der Waals surface area contributed by atoms with Crippen LogP contribution in [0.3, 0.4) is 0 Å². The van der Waals surface area contributed by atoms with E-state index in [1.54, 1.807) is 6.92 Å². The molecule has 0 spiro atoms. The molecule has 0 radical (unpaired) electrons. The summed E-state index contributed by atoms with van der Waals surface area (Å²) in [6.45, 7) is 2.24. The average Bonchev–Trinajstić information content (AvgIpc) is 3.51. The number of hydrogen-bond acceptors (Lipinski definition) is 7. The molecular formula is C25H23F8N3O5S. The normalized spacial score (nSPS) is 21.3. The van der Waals surface area contributed by atoms with Crippen molar-refractivity contribution in [2.75, 3.05) is 6.54 Å². The molecule has 2 aromatic rings. The summed E-state index contributed by atoms with van der Waals surface area (Å²) in [5.74, 6) is -1.58. The van der Waals surface area contributed by atoms with Crippen LogP contribution >= 0.6 is 11.3 Å². The Bertz CT molecular complexity index is 1340. The van der Waals surface area contributed by atoms with Crippen LogP contribution in [0.5, 0.6) is 0 Å². The van der Waals surface area contributed by atoms with Gasteiger partial charge in [-0.05, 0) is 25.8 Å². The van der Waals surface area contributed by atoms with Crippen LogP contribution in [0, 0.1) is 0 Å². The molecule has 2 fully saturated rings. The largest absolute Gasteiger partial charge is 0.464 e. The molecule has 230 valence electrons. The number of rotatable bonds is 8. The standard InChI is InChI=1S/C25H23F8N3O5S/c1-11-3-2-6-36(11)22(39)17-18(42-21(35-17)20(38)34-13-8-14(9-13)41-10-37)15-5-4-12(7-16(15)19(26)27)23(40,24(28,29)30)25(31,32)33/h4-5,7,10-11,13-14,19,40H,2-3,6,8-9H2,1H3,(H,34,38)/t11-,13-,14-/m0/s1. The van der Waals surface area contributed by atoms with Crippen LogP contribution < -0.4 is 5.32 Å². The van der Waals surface area contributed by atoms with Crippen molar-refractivity contribution in [1.82, 2.24) is 15.2 Å². The van der Waals surface area contributed by atoms with E-state index in [4.69, 9.17) is 4.74 Å². The zero-order chi connectivity index (χ0) is 31.2. The highest BCUT2D eigenvalue weighted by Gasteiger charge is 2.71. The fourth-order valence-electron chi connectivity index (χ4n) is 4.90. The van der Waals surface area contributed by atoms with Gasteiger partial charge in [0.15, 0.2) is 5.01 Å². The van der Waals surface area contributed by atoms with E-state index in [0.29, 0.717) is 30.2 Å². The maximum atomic E-state index is 14.2. The topological polar surface area (TPSA) is 109 Å². The first-order chi connectivity index (χ1) is 19.5. The molecule has 1 saturated heterocycles. The number of alkyl halides is 8. The predicted octanol–water partition coefficient (Wildman–Crippen LogP) is 5.12. The van der Waals surface area contributed by atoms with Crippen LogP contribution in [0.15, 0.2) is 18.2 Å². The van der Waals surface area contributed by atoms with Crippen LogP contribution in [0.25, 0.3) is 10.4 Å². The lowest BCUT2D eigenvalue weighted by Gasteiger charge is -2.33. The fraction of sp³-hybridized carbons (Fsp3) is 0.520. The Morgan fingerprint density at radius 1 is 1.17 bits per heavy atom. The van der Waals surface area contributed by atoms with Gasteiger partial charge in [-0.1, -0.05) is 12.1 Å². The predicted molar refractivity (Wildman–Crippen MR) is 130 cm³/mol. The minimum atomic E-state index is -6.31. The molecule has 1 atom stereocenters. The molecule has 0 bridgehead atoms.